The van der Waals surface area contributed by atoms with E-state index in [4.69, 9.17) is 4.52 Å². The fraction of sp³-hybridized carbons (Fsp3) is 0.778. The molecule has 21 heavy (non-hydrogen) atoms. The molecule has 3 nitrogen and oxygen atoms in total. The van der Waals surface area contributed by atoms with Crippen LogP contribution in [0.25, 0.3) is 0 Å². The molecule has 1 aromatic rings. The summed E-state index contributed by atoms with van der Waals surface area (Å²) in [4.78, 5) is 12.0. The van der Waals surface area contributed by atoms with Crippen LogP contribution >= 0.6 is 0 Å². The number of rotatable bonds is 4. The highest BCUT2D eigenvalue weighted by Gasteiger charge is 2.87. The first-order valence-corrected chi connectivity index (χ1v) is 8.11. The molecule has 0 spiro atoms. The van der Waals surface area contributed by atoms with Crippen molar-refractivity contribution in [3.05, 3.63) is 17.5 Å². The van der Waals surface area contributed by atoms with Crippen molar-refractivity contribution in [2.24, 2.45) is 16.2 Å². The molecule has 0 amide bonds. The zero-order valence-corrected chi connectivity index (χ0v) is 14.2. The number of hydrogen-bond donors (Lipinski definition) is 0. The smallest absolute Gasteiger partial charge is 0.146 e. The number of aromatic nitrogens is 1. The van der Waals surface area contributed by atoms with E-state index in [1.54, 1.807) is 6.92 Å². The molecule has 0 aliphatic heterocycles. The Kier molecular flexibility index (Phi) is 2.81. The third kappa shape index (κ3) is 1.36. The Bertz CT molecular complexity index is 602. The summed E-state index contributed by atoms with van der Waals surface area (Å²) in [5.41, 5.74) is 1.44. The fourth-order valence-electron chi connectivity index (χ4n) is 6.40. The first-order valence-electron chi connectivity index (χ1n) is 8.11. The molecule has 0 aromatic carbocycles. The SMILES string of the molecule is CCCC12C(C)(C)C1(C)c1oncc1C[C@@]2(C)CC(C)=O. The maximum atomic E-state index is 12.0. The first kappa shape index (κ1) is 14.8. The van der Waals surface area contributed by atoms with E-state index in [1.165, 1.54) is 5.56 Å². The van der Waals surface area contributed by atoms with Crippen LogP contribution in [0.5, 0.6) is 0 Å². The van der Waals surface area contributed by atoms with Gasteiger partial charge in [-0.3, -0.25) is 0 Å². The first-order chi connectivity index (χ1) is 9.68. The summed E-state index contributed by atoms with van der Waals surface area (Å²) in [6, 6.07) is 0. The predicted molar refractivity (Wildman–Crippen MR) is 82.1 cm³/mol. The van der Waals surface area contributed by atoms with E-state index < -0.39 is 0 Å². The lowest BCUT2D eigenvalue weighted by atomic mass is 9.58. The Balaban J connectivity index is 2.23. The van der Waals surface area contributed by atoms with Crippen molar-refractivity contribution in [1.82, 2.24) is 5.16 Å². The van der Waals surface area contributed by atoms with Crippen molar-refractivity contribution in [1.29, 1.82) is 0 Å². The molecule has 3 rings (SSSR count). The zero-order chi connectivity index (χ0) is 15.7. The lowest BCUT2D eigenvalue weighted by Crippen LogP contribution is -2.42. The molecule has 116 valence electrons. The molecule has 1 heterocycles. The lowest BCUT2D eigenvalue weighted by Gasteiger charge is -2.44. The molecule has 3 atom stereocenters. The summed E-state index contributed by atoms with van der Waals surface area (Å²) in [6.45, 7) is 13.3. The van der Waals surface area contributed by atoms with Gasteiger partial charge in [-0.25, -0.2) is 0 Å². The molecule has 0 bridgehead atoms. The summed E-state index contributed by atoms with van der Waals surface area (Å²) in [5, 5.41) is 4.07. The Morgan fingerprint density at radius 1 is 1.33 bits per heavy atom. The third-order valence-corrected chi connectivity index (χ3v) is 7.08. The van der Waals surface area contributed by atoms with E-state index in [-0.39, 0.29) is 27.4 Å². The number of Topliss-reactive ketones (excluding diaryl/α,β-unsaturated/α-hetero) is 1. The van der Waals surface area contributed by atoms with E-state index in [0.29, 0.717) is 6.42 Å². The second kappa shape index (κ2) is 3.99. The summed E-state index contributed by atoms with van der Waals surface area (Å²) in [5.74, 6) is 1.36. The summed E-state index contributed by atoms with van der Waals surface area (Å²) >= 11 is 0. The van der Waals surface area contributed by atoms with Gasteiger partial charge in [0.25, 0.3) is 0 Å². The number of fused-ring (bicyclic) bond motifs is 3. The van der Waals surface area contributed by atoms with Gasteiger partial charge in [-0.05, 0) is 36.0 Å². The number of carbonyl (C=O) groups excluding carboxylic acids is 1. The van der Waals surface area contributed by atoms with Crippen molar-refractivity contribution in [2.45, 2.75) is 72.6 Å². The quantitative estimate of drug-likeness (QED) is 0.830. The Hall–Kier alpha value is -1.12. The standard InChI is InChI=1S/C18H27NO2/c1-7-8-18-15(3,4)17(18,6)14-13(11-19-21-14)10-16(18,5)9-12(2)20/h11H,7-10H2,1-6H3/t16-,17?,18?/m1/s1. The minimum atomic E-state index is -0.00963. The molecule has 0 saturated heterocycles. The van der Waals surface area contributed by atoms with Gasteiger partial charge >= 0.3 is 0 Å². The van der Waals surface area contributed by atoms with Gasteiger partial charge < -0.3 is 9.32 Å². The fourth-order valence-corrected chi connectivity index (χ4v) is 6.40. The molecular formula is C18H27NO2. The van der Waals surface area contributed by atoms with Crippen LogP contribution in [0, 0.1) is 16.2 Å². The molecule has 0 N–H and O–H groups in total. The van der Waals surface area contributed by atoms with Crippen molar-refractivity contribution < 1.29 is 9.32 Å². The van der Waals surface area contributed by atoms with Crippen LogP contribution in [0.2, 0.25) is 0 Å². The van der Waals surface area contributed by atoms with Crippen LogP contribution in [0.4, 0.5) is 0 Å². The number of ketones is 1. The number of nitrogens with zero attached hydrogens (tertiary/aromatic N) is 1. The van der Waals surface area contributed by atoms with Crippen LogP contribution in [0.3, 0.4) is 0 Å². The highest BCUT2D eigenvalue weighted by Crippen LogP contribution is 2.88. The van der Waals surface area contributed by atoms with Gasteiger partial charge in [-0.15, -0.1) is 0 Å². The molecule has 2 aliphatic carbocycles. The summed E-state index contributed by atoms with van der Waals surface area (Å²) < 4.78 is 5.68. The molecular weight excluding hydrogens is 262 g/mol. The Labute approximate surface area is 127 Å². The Morgan fingerprint density at radius 3 is 2.57 bits per heavy atom. The van der Waals surface area contributed by atoms with Crippen LogP contribution < -0.4 is 0 Å². The van der Waals surface area contributed by atoms with Crippen molar-refractivity contribution in [2.75, 3.05) is 0 Å². The lowest BCUT2D eigenvalue weighted by molar-refractivity contribution is -0.121. The third-order valence-electron chi connectivity index (χ3n) is 7.08. The molecule has 1 saturated carbocycles. The molecule has 3 heteroatoms. The minimum absolute atomic E-state index is 0.00829. The van der Waals surface area contributed by atoms with Gasteiger partial charge in [0.15, 0.2) is 0 Å². The van der Waals surface area contributed by atoms with Crippen LogP contribution in [0.15, 0.2) is 10.7 Å². The van der Waals surface area contributed by atoms with E-state index in [9.17, 15) is 4.79 Å². The van der Waals surface area contributed by atoms with Gasteiger partial charge in [0.05, 0.1) is 6.20 Å². The summed E-state index contributed by atoms with van der Waals surface area (Å²) in [6.07, 6.45) is 5.70. The topological polar surface area (TPSA) is 43.1 Å². The maximum Gasteiger partial charge on any atom is 0.146 e. The summed E-state index contributed by atoms with van der Waals surface area (Å²) in [7, 11) is 0. The van der Waals surface area contributed by atoms with Crippen LogP contribution in [-0.4, -0.2) is 10.9 Å². The molecule has 2 aliphatic rings. The van der Waals surface area contributed by atoms with Crippen molar-refractivity contribution >= 4 is 5.78 Å². The monoisotopic (exact) mass is 289 g/mol. The average Bonchev–Trinajstić information content (AvgIpc) is 2.68. The van der Waals surface area contributed by atoms with Gasteiger partial charge in [0.2, 0.25) is 0 Å². The van der Waals surface area contributed by atoms with Gasteiger partial charge in [-0.1, -0.05) is 46.2 Å². The minimum Gasteiger partial charge on any atom is -0.361 e. The van der Waals surface area contributed by atoms with Gasteiger partial charge in [0.1, 0.15) is 11.5 Å². The van der Waals surface area contributed by atoms with Crippen LogP contribution in [0.1, 0.15) is 72.1 Å². The highest BCUT2D eigenvalue weighted by atomic mass is 16.5. The molecule has 0 radical (unpaired) electrons. The van der Waals surface area contributed by atoms with Crippen molar-refractivity contribution in [3.63, 3.8) is 0 Å². The maximum absolute atomic E-state index is 12.0. The van der Waals surface area contributed by atoms with Gasteiger partial charge in [-0.2, -0.15) is 0 Å². The van der Waals surface area contributed by atoms with E-state index >= 15 is 0 Å². The molecule has 2 unspecified atom stereocenters. The molecule has 1 fully saturated rings. The van der Waals surface area contributed by atoms with E-state index in [0.717, 1.165) is 25.0 Å². The zero-order valence-electron chi connectivity index (χ0n) is 14.2. The number of carbonyl (C=O) groups is 1. The van der Waals surface area contributed by atoms with Gasteiger partial charge in [0, 0.05) is 17.4 Å². The number of hydrogen-bond acceptors (Lipinski definition) is 3. The highest BCUT2D eigenvalue weighted by molar-refractivity contribution is 5.77. The van der Waals surface area contributed by atoms with E-state index in [2.05, 4.69) is 39.8 Å². The second-order valence-electron chi connectivity index (χ2n) is 8.20. The normalized spacial score (nSPS) is 39.5. The van der Waals surface area contributed by atoms with E-state index in [1.807, 2.05) is 6.20 Å². The Morgan fingerprint density at radius 2 is 2.00 bits per heavy atom. The predicted octanol–water partition coefficient (Wildman–Crippen LogP) is 4.30. The van der Waals surface area contributed by atoms with Crippen molar-refractivity contribution in [3.8, 4) is 0 Å². The second-order valence-corrected chi connectivity index (χ2v) is 8.20. The average molecular weight is 289 g/mol. The molecule has 1 aromatic heterocycles. The van der Waals surface area contributed by atoms with Crippen LogP contribution in [-0.2, 0) is 16.6 Å². The largest absolute Gasteiger partial charge is 0.361 e.